The molecule has 1 N–H and O–H groups in total. The lowest BCUT2D eigenvalue weighted by molar-refractivity contribution is 0.230. The van der Waals surface area contributed by atoms with Crippen LogP contribution in [0.1, 0.15) is 5.69 Å². The van der Waals surface area contributed by atoms with Gasteiger partial charge in [-0.3, -0.25) is 4.90 Å². The molecule has 0 bridgehead atoms. The molecule has 25 heavy (non-hydrogen) atoms. The van der Waals surface area contributed by atoms with Crippen molar-refractivity contribution in [1.29, 1.82) is 0 Å². The maximum absolute atomic E-state index is 6.24. The number of halogens is 1. The molecule has 3 aromatic rings. The monoisotopic (exact) mass is 356 g/mol. The van der Waals surface area contributed by atoms with Gasteiger partial charge in [0, 0.05) is 44.5 Å². The van der Waals surface area contributed by atoms with Gasteiger partial charge in [0.25, 0.3) is 0 Å². The van der Waals surface area contributed by atoms with Crippen molar-refractivity contribution < 1.29 is 4.74 Å². The largest absolute Gasteiger partial charge is 0.497 e. The third-order valence-electron chi connectivity index (χ3n) is 4.61. The summed E-state index contributed by atoms with van der Waals surface area (Å²) in [5.74, 6) is 0.834. The van der Waals surface area contributed by atoms with E-state index in [2.05, 4.69) is 20.7 Å². The Morgan fingerprint density at radius 1 is 1.20 bits per heavy atom. The summed E-state index contributed by atoms with van der Waals surface area (Å²) >= 11 is 6.24. The molecule has 0 radical (unpaired) electrons. The van der Waals surface area contributed by atoms with E-state index in [0.717, 1.165) is 61.1 Å². The Bertz CT molecular complexity index is 886. The Hall–Kier alpha value is -2.08. The molecule has 0 saturated carbocycles. The first-order valence-corrected chi connectivity index (χ1v) is 8.86. The molecule has 2 aromatic heterocycles. The number of aromatic nitrogens is 2. The molecule has 1 saturated heterocycles. The van der Waals surface area contributed by atoms with Crippen molar-refractivity contribution in [2.75, 3.05) is 33.3 Å². The Morgan fingerprint density at radius 3 is 2.84 bits per heavy atom. The predicted octanol–water partition coefficient (Wildman–Crippen LogP) is 3.07. The summed E-state index contributed by atoms with van der Waals surface area (Å²) in [5, 5.41) is 4.11. The summed E-state index contributed by atoms with van der Waals surface area (Å²) in [6, 6.07) is 11.9. The number of nitrogens with one attached hydrogen (secondary N) is 1. The molecule has 3 heterocycles. The zero-order valence-electron chi connectivity index (χ0n) is 14.2. The van der Waals surface area contributed by atoms with Gasteiger partial charge in [0.15, 0.2) is 0 Å². The number of piperazine rings is 1. The second-order valence-corrected chi connectivity index (χ2v) is 6.68. The van der Waals surface area contributed by atoms with E-state index in [9.17, 15) is 0 Å². The maximum atomic E-state index is 6.24. The quantitative estimate of drug-likeness (QED) is 0.780. The van der Waals surface area contributed by atoms with Gasteiger partial charge >= 0.3 is 0 Å². The fourth-order valence-corrected chi connectivity index (χ4v) is 3.46. The first-order valence-electron chi connectivity index (χ1n) is 8.48. The summed E-state index contributed by atoms with van der Waals surface area (Å²) in [5.41, 5.74) is 4.11. The number of hydrogen-bond acceptors (Lipinski definition) is 4. The molecule has 0 spiro atoms. The predicted molar refractivity (Wildman–Crippen MR) is 100 cm³/mol. The normalized spacial score (nSPS) is 15.6. The van der Waals surface area contributed by atoms with Gasteiger partial charge in [-0.2, -0.15) is 0 Å². The molecule has 1 aliphatic heterocycles. The van der Waals surface area contributed by atoms with Crippen molar-refractivity contribution in [2.45, 2.75) is 6.54 Å². The van der Waals surface area contributed by atoms with E-state index in [1.165, 1.54) is 0 Å². The van der Waals surface area contributed by atoms with Crippen LogP contribution in [-0.4, -0.2) is 47.6 Å². The molecule has 1 aromatic carbocycles. The highest BCUT2D eigenvalue weighted by Gasteiger charge is 2.19. The van der Waals surface area contributed by atoms with Crippen LogP contribution in [0, 0.1) is 0 Å². The smallest absolute Gasteiger partial charge is 0.137 e. The topological polar surface area (TPSA) is 41.8 Å². The molecule has 6 heteroatoms. The molecular weight excluding hydrogens is 336 g/mol. The lowest BCUT2D eigenvalue weighted by Crippen LogP contribution is -2.43. The summed E-state index contributed by atoms with van der Waals surface area (Å²) in [6.45, 7) is 4.95. The second-order valence-electron chi connectivity index (χ2n) is 6.24. The average Bonchev–Trinajstić information content (AvgIpc) is 3.00. The number of pyridine rings is 1. The van der Waals surface area contributed by atoms with Crippen molar-refractivity contribution in [3.63, 3.8) is 0 Å². The van der Waals surface area contributed by atoms with Crippen LogP contribution in [0.25, 0.3) is 16.9 Å². The van der Waals surface area contributed by atoms with E-state index in [0.29, 0.717) is 5.02 Å². The van der Waals surface area contributed by atoms with Gasteiger partial charge in [0.2, 0.25) is 0 Å². The fourth-order valence-electron chi connectivity index (χ4n) is 3.30. The minimum Gasteiger partial charge on any atom is -0.497 e. The van der Waals surface area contributed by atoms with Gasteiger partial charge in [0.1, 0.15) is 11.4 Å². The molecule has 130 valence electrons. The molecule has 1 fully saturated rings. The van der Waals surface area contributed by atoms with E-state index >= 15 is 0 Å². The van der Waals surface area contributed by atoms with Crippen LogP contribution < -0.4 is 10.1 Å². The number of rotatable bonds is 4. The SMILES string of the molecule is COc1cccc(-c2nc3ccc(Cl)cn3c2CN2CCNCC2)c1. The van der Waals surface area contributed by atoms with Crippen molar-refractivity contribution in [1.82, 2.24) is 19.6 Å². The highest BCUT2D eigenvalue weighted by molar-refractivity contribution is 6.30. The molecule has 0 unspecified atom stereocenters. The van der Waals surface area contributed by atoms with Gasteiger partial charge in [-0.15, -0.1) is 0 Å². The van der Waals surface area contributed by atoms with Gasteiger partial charge < -0.3 is 14.5 Å². The van der Waals surface area contributed by atoms with Crippen LogP contribution in [0.2, 0.25) is 5.02 Å². The van der Waals surface area contributed by atoms with E-state index in [1.54, 1.807) is 7.11 Å². The van der Waals surface area contributed by atoms with Crippen LogP contribution in [0.3, 0.4) is 0 Å². The number of methoxy groups -OCH3 is 1. The van der Waals surface area contributed by atoms with E-state index < -0.39 is 0 Å². The van der Waals surface area contributed by atoms with Gasteiger partial charge in [-0.1, -0.05) is 23.7 Å². The minimum absolute atomic E-state index is 0.712. The van der Waals surface area contributed by atoms with Crippen LogP contribution in [-0.2, 0) is 6.54 Å². The van der Waals surface area contributed by atoms with Crippen LogP contribution >= 0.6 is 11.6 Å². The number of fused-ring (bicyclic) bond motifs is 1. The maximum Gasteiger partial charge on any atom is 0.137 e. The number of ether oxygens (including phenoxy) is 1. The van der Waals surface area contributed by atoms with Crippen molar-refractivity contribution >= 4 is 17.2 Å². The van der Waals surface area contributed by atoms with Crippen molar-refractivity contribution in [2.24, 2.45) is 0 Å². The van der Waals surface area contributed by atoms with Gasteiger partial charge in [-0.25, -0.2) is 4.98 Å². The summed E-state index contributed by atoms with van der Waals surface area (Å²) in [6.07, 6.45) is 1.95. The Morgan fingerprint density at radius 2 is 2.04 bits per heavy atom. The molecule has 4 rings (SSSR count). The van der Waals surface area contributed by atoms with Crippen LogP contribution in [0.4, 0.5) is 0 Å². The lowest BCUT2D eigenvalue weighted by atomic mass is 10.1. The molecule has 0 amide bonds. The number of imidazole rings is 1. The van der Waals surface area contributed by atoms with Gasteiger partial charge in [-0.05, 0) is 24.3 Å². The zero-order valence-corrected chi connectivity index (χ0v) is 15.0. The first kappa shape index (κ1) is 16.4. The zero-order chi connectivity index (χ0) is 17.2. The third kappa shape index (κ3) is 3.35. The van der Waals surface area contributed by atoms with Crippen LogP contribution in [0.5, 0.6) is 5.75 Å². The Kier molecular flexibility index (Phi) is 4.61. The van der Waals surface area contributed by atoms with Gasteiger partial charge in [0.05, 0.1) is 23.5 Å². The van der Waals surface area contributed by atoms with Crippen molar-refractivity contribution in [3.8, 4) is 17.0 Å². The molecule has 0 atom stereocenters. The number of hydrogen-bond donors (Lipinski definition) is 1. The molecule has 1 aliphatic rings. The molecule has 0 aliphatic carbocycles. The van der Waals surface area contributed by atoms with E-state index in [4.69, 9.17) is 21.3 Å². The minimum atomic E-state index is 0.712. The Labute approximate surface area is 152 Å². The fraction of sp³-hybridized carbons (Fsp3) is 0.316. The van der Waals surface area contributed by atoms with Crippen LogP contribution in [0.15, 0.2) is 42.6 Å². The molecule has 5 nitrogen and oxygen atoms in total. The van der Waals surface area contributed by atoms with E-state index in [-0.39, 0.29) is 0 Å². The highest BCUT2D eigenvalue weighted by Crippen LogP contribution is 2.29. The number of benzene rings is 1. The summed E-state index contributed by atoms with van der Waals surface area (Å²) in [4.78, 5) is 7.32. The number of nitrogens with zero attached hydrogens (tertiary/aromatic N) is 3. The lowest BCUT2D eigenvalue weighted by Gasteiger charge is -2.27. The Balaban J connectivity index is 1.82. The molecular formula is C19H21ClN4O. The third-order valence-corrected chi connectivity index (χ3v) is 4.83. The standard InChI is InChI=1S/C19H21ClN4O/c1-25-16-4-2-3-14(11-16)19-17(13-23-9-7-21-8-10-23)24-12-15(20)5-6-18(24)22-19/h2-6,11-12,21H,7-10,13H2,1H3. The first-order chi connectivity index (χ1) is 12.2. The summed E-state index contributed by atoms with van der Waals surface area (Å²) in [7, 11) is 1.68. The summed E-state index contributed by atoms with van der Waals surface area (Å²) < 4.78 is 7.50. The average molecular weight is 357 g/mol. The second kappa shape index (κ2) is 7.04. The highest BCUT2D eigenvalue weighted by atomic mass is 35.5. The van der Waals surface area contributed by atoms with Crippen molar-refractivity contribution in [3.05, 3.63) is 53.3 Å². The van der Waals surface area contributed by atoms with E-state index in [1.807, 2.05) is 36.5 Å².